The van der Waals surface area contributed by atoms with Gasteiger partial charge in [-0.15, -0.1) is 44.1 Å². The molecule has 0 atom stereocenters. The Morgan fingerprint density at radius 2 is 0.443 bits per heavy atom. The minimum Gasteiger partial charge on any atom is -0.657 e. The van der Waals surface area contributed by atoms with Crippen LogP contribution in [0.2, 0.25) is 0 Å². The first kappa shape index (κ1) is 59.7. The summed E-state index contributed by atoms with van der Waals surface area (Å²) in [6.07, 6.45) is 12.3. The van der Waals surface area contributed by atoms with Crippen LogP contribution in [-0.4, -0.2) is 30.7 Å². The molecule has 0 N–H and O–H groups in total. The Morgan fingerprint density at radius 3 is 0.693 bits per heavy atom. The Labute approximate surface area is 531 Å². The van der Waals surface area contributed by atoms with Crippen LogP contribution in [0.25, 0.3) is 148 Å². The van der Waals surface area contributed by atoms with Gasteiger partial charge in [0.05, 0.1) is 45.6 Å². The number of aromatic nitrogens is 8. The molecule has 4 aromatic carbocycles. The molecule has 4 aliphatic heterocycles. The monoisotopic (exact) mass is 1310 g/mol. The van der Waals surface area contributed by atoms with Gasteiger partial charge in [0, 0.05) is 11.1 Å². The van der Waals surface area contributed by atoms with Crippen LogP contribution in [0.15, 0.2) is 170 Å². The second-order valence-electron chi connectivity index (χ2n) is 20.3. The number of hydrogen-bond donors (Lipinski definition) is 0. The summed E-state index contributed by atoms with van der Waals surface area (Å²) in [5, 5.41) is -10.1. The number of fused-ring (bicyclic) bond motifs is 16. The molecule has 0 aliphatic carbocycles. The van der Waals surface area contributed by atoms with Crippen LogP contribution in [-0.2, 0) is 50.8 Å². The van der Waals surface area contributed by atoms with Crippen molar-refractivity contribution in [2.45, 2.75) is 22.6 Å². The van der Waals surface area contributed by atoms with E-state index < -0.39 is 56.2 Å². The smallest absolute Gasteiger partial charge is 0.657 e. The van der Waals surface area contributed by atoms with E-state index in [-0.39, 0.29) is 61.4 Å². The molecule has 10 aromatic rings. The number of benzene rings is 4. The number of rotatable bonds is 9. The molecule has 0 saturated carbocycles. The van der Waals surface area contributed by atoms with Gasteiger partial charge in [-0.1, -0.05) is 170 Å². The summed E-state index contributed by atoms with van der Waals surface area (Å²) in [5.74, 6) is -9.97. The third kappa shape index (κ3) is 10.3. The van der Waals surface area contributed by atoms with Crippen molar-refractivity contribution in [1.29, 1.82) is 0 Å². The fraction of sp³-hybridized carbons (Fsp3) is 0.0588. The van der Waals surface area contributed by atoms with Crippen molar-refractivity contribution in [1.82, 2.24) is 39.9 Å². The first-order valence-electron chi connectivity index (χ1n) is 26.6. The summed E-state index contributed by atoms with van der Waals surface area (Å²) in [5.41, 5.74) is 3.01. The van der Waals surface area contributed by atoms with Gasteiger partial charge in [0.25, 0.3) is 0 Å². The van der Waals surface area contributed by atoms with Gasteiger partial charge in [0.2, 0.25) is 0 Å². The third-order valence-electron chi connectivity index (χ3n) is 15.1. The second kappa shape index (κ2) is 22.8. The average Bonchev–Trinajstić information content (AvgIpc) is 1.59. The molecule has 6 aromatic heterocycles. The summed E-state index contributed by atoms with van der Waals surface area (Å²) in [4.78, 5) is 40.0. The van der Waals surface area contributed by atoms with Crippen molar-refractivity contribution in [2.75, 3.05) is 0 Å². The van der Waals surface area contributed by atoms with Gasteiger partial charge in [0.15, 0.2) is 0 Å². The van der Waals surface area contributed by atoms with Crippen molar-refractivity contribution in [3.05, 3.63) is 227 Å². The van der Waals surface area contributed by atoms with Gasteiger partial charge >= 0.3 is 61.6 Å². The Bertz CT molecular complexity index is 4530. The van der Waals surface area contributed by atoms with Crippen LogP contribution in [0.3, 0.4) is 0 Å². The molecule has 0 radical (unpaired) electrons. The van der Waals surface area contributed by atoms with Gasteiger partial charge in [0.1, 0.15) is 0 Å². The maximum atomic E-state index is 16.4. The fourth-order valence-corrected chi connectivity index (χ4v) is 11.4. The van der Waals surface area contributed by atoms with Gasteiger partial charge in [-0.3, -0.25) is 0 Å². The molecule has 0 unspecified atom stereocenters. The summed E-state index contributed by atoms with van der Waals surface area (Å²) < 4.78 is 126. The normalized spacial score (nSPS) is 13.0. The molecule has 422 valence electrons. The predicted molar refractivity (Wildman–Crippen MR) is 324 cm³/mol. The Hall–Kier alpha value is -8.65. The van der Waals surface area contributed by atoms with E-state index in [2.05, 4.69) is 19.9 Å². The van der Waals surface area contributed by atoms with Gasteiger partial charge in [-0.25, -0.2) is 19.9 Å². The van der Waals surface area contributed by atoms with Gasteiger partial charge in [-0.05, 0) is 127 Å². The maximum absolute atomic E-state index is 16.4. The molecule has 20 heteroatoms. The van der Waals surface area contributed by atoms with Crippen LogP contribution in [0.1, 0.15) is 56.7 Å². The van der Waals surface area contributed by atoms with E-state index in [0.717, 1.165) is 0 Å². The molecule has 10 heterocycles. The van der Waals surface area contributed by atoms with E-state index in [4.69, 9.17) is 43.1 Å². The summed E-state index contributed by atoms with van der Waals surface area (Å²) in [6.45, 7) is 0. The number of alkyl halides is 10. The van der Waals surface area contributed by atoms with Crippen molar-refractivity contribution >= 4 is 116 Å². The van der Waals surface area contributed by atoms with Crippen LogP contribution >= 0.6 is 23.2 Å². The molecular formula is C68H36Cl2F8N8Zn2. The molecule has 16 bridgehead atoms. The van der Waals surface area contributed by atoms with Gasteiger partial charge < -0.3 is 19.9 Å². The third-order valence-corrected chi connectivity index (χ3v) is 15.5. The Morgan fingerprint density at radius 1 is 0.250 bits per heavy atom. The molecule has 0 fully saturated rings. The summed E-state index contributed by atoms with van der Waals surface area (Å²) in [6, 6.07) is 47.9. The predicted octanol–water partition coefficient (Wildman–Crippen LogP) is 18.3. The quantitative estimate of drug-likeness (QED) is 0.0799. The summed E-state index contributed by atoms with van der Waals surface area (Å²) in [7, 11) is 0. The van der Waals surface area contributed by atoms with E-state index in [0.29, 0.717) is 100 Å². The largest absolute Gasteiger partial charge is 2.00 e. The van der Waals surface area contributed by atoms with Crippen molar-refractivity contribution < 1.29 is 74.1 Å². The van der Waals surface area contributed by atoms with E-state index in [9.17, 15) is 0 Å². The molecule has 88 heavy (non-hydrogen) atoms. The Balaban J connectivity index is 0.00000377. The maximum Gasteiger partial charge on any atom is 2.00 e. The molecule has 0 amide bonds. The van der Waals surface area contributed by atoms with Crippen molar-refractivity contribution in [2.24, 2.45) is 0 Å². The molecule has 14 rings (SSSR count). The van der Waals surface area contributed by atoms with Crippen LogP contribution in [0, 0.1) is 0 Å². The van der Waals surface area contributed by atoms with Crippen LogP contribution in [0.4, 0.5) is 35.1 Å². The first-order valence-corrected chi connectivity index (χ1v) is 27.4. The van der Waals surface area contributed by atoms with E-state index in [1.54, 1.807) is 170 Å². The zero-order valence-corrected chi connectivity index (χ0v) is 53.0. The minimum atomic E-state index is -5.07. The van der Waals surface area contributed by atoms with Crippen molar-refractivity contribution in [3.63, 3.8) is 0 Å². The Kier molecular flexibility index (Phi) is 15.5. The van der Waals surface area contributed by atoms with E-state index in [1.807, 2.05) is 0 Å². The molecule has 4 aliphatic rings. The van der Waals surface area contributed by atoms with Gasteiger partial charge in [-0.2, -0.15) is 35.1 Å². The minimum absolute atomic E-state index is 0. The molecular weight excluding hydrogens is 1280 g/mol. The SMILES string of the molecule is FC(F)(Cl)C(F)(F)c1c2nc(c(-c3ccccc3)c3ccc([n-]3)c(-c3c4nc(c(-c5ccccc5)c5ccc([n-]5)c(C(F)(F)C(F)(F)Cl)c5nc(c(-c6ccccc6)c6ccc3[n-]6)C=C5)C=C4)c3nc(c(-c4ccccc4)c4ccc1[n-]4)C=C3)C=C2.[Zn+2].[Zn+2]. The van der Waals surface area contributed by atoms with E-state index >= 15 is 35.1 Å². The zero-order chi connectivity index (χ0) is 59.3. The van der Waals surface area contributed by atoms with Crippen LogP contribution < -0.4 is 19.9 Å². The number of halogens is 10. The number of hydrogen-bond acceptors (Lipinski definition) is 4. The molecule has 0 spiro atoms. The zero-order valence-electron chi connectivity index (χ0n) is 45.6. The number of nitrogens with zero attached hydrogens (tertiary/aromatic N) is 8. The standard InChI is InChI=1S/C68H36Cl2F8N8.2Zn/c69-67(75,76)65(71,72)63-53-33-29-45(83-53)57(37-13-5-1-6-14-37)41-21-25-49(79-41)61(50-26-22-42(80-50)58(38-15-7-2-8-16-38)46-30-34-54(63)84-46)62-51-27-23-43(81-51)59(39-17-9-3-10-18-39)47-31-35-55(85-47)64(66(73,74)68(70,77)78)56-36-32-48(86-56)60(40-19-11-4-12-20-40)44-24-28-52(62)82-44;;/h1-36H;;/q-4;2*+2. The van der Waals surface area contributed by atoms with E-state index in [1.165, 1.54) is 48.6 Å². The average molecular weight is 1320 g/mol. The van der Waals surface area contributed by atoms with Crippen LogP contribution in [0.5, 0.6) is 0 Å². The first-order chi connectivity index (χ1) is 41.4. The topological polar surface area (TPSA) is 108 Å². The van der Waals surface area contributed by atoms with Crippen molar-refractivity contribution in [3.8, 4) is 55.6 Å². The summed E-state index contributed by atoms with van der Waals surface area (Å²) >= 11 is 10.6. The second-order valence-corrected chi connectivity index (χ2v) is 21.3. The fourth-order valence-electron chi connectivity index (χ4n) is 11.2. The molecule has 0 saturated heterocycles. The molecule has 8 nitrogen and oxygen atoms in total.